The highest BCUT2D eigenvalue weighted by Crippen LogP contribution is 2.31. The molecule has 1 heterocycles. The number of ketones is 1. The van der Waals surface area contributed by atoms with Crippen molar-refractivity contribution < 1.29 is 9.59 Å². The minimum absolute atomic E-state index is 0.0899. The van der Waals surface area contributed by atoms with Crippen molar-refractivity contribution >= 4 is 58.6 Å². The van der Waals surface area contributed by atoms with Crippen LogP contribution >= 0.6 is 34.8 Å². The van der Waals surface area contributed by atoms with Crippen molar-refractivity contribution in [2.75, 3.05) is 13.1 Å². The summed E-state index contributed by atoms with van der Waals surface area (Å²) in [4.78, 5) is 26.9. The fourth-order valence-corrected chi connectivity index (χ4v) is 3.22. The molecule has 6 heteroatoms. The van der Waals surface area contributed by atoms with Crippen LogP contribution in [-0.4, -0.2) is 33.5 Å². The first-order valence-corrected chi connectivity index (χ1v) is 9.40. The molecule has 0 aromatic heterocycles. The van der Waals surface area contributed by atoms with Crippen LogP contribution in [0.1, 0.15) is 11.1 Å². The summed E-state index contributed by atoms with van der Waals surface area (Å²) in [5, 5.41) is 0. The molecule has 0 N–H and O–H groups in total. The van der Waals surface area contributed by atoms with Gasteiger partial charge in [0.15, 0.2) is 5.78 Å². The number of rotatable bonds is 2. The van der Waals surface area contributed by atoms with Crippen LogP contribution in [0.3, 0.4) is 0 Å². The summed E-state index contributed by atoms with van der Waals surface area (Å²) in [5.41, 5.74) is 2.67. The van der Waals surface area contributed by atoms with Gasteiger partial charge in [-0.1, -0.05) is 95.5 Å². The third-order valence-electron chi connectivity index (χ3n) is 4.12. The summed E-state index contributed by atoms with van der Waals surface area (Å²) in [5.74, 6) is -0.769. The lowest BCUT2D eigenvalue weighted by Crippen LogP contribution is -2.46. The SMILES string of the molecule is O=C1/C(=C/c2ccccc2)CN(C(=O)C(Cl)(Cl)Cl)C/C1=C\c1ccccc1. The Labute approximate surface area is 172 Å². The summed E-state index contributed by atoms with van der Waals surface area (Å²) >= 11 is 17.4. The molecule has 0 atom stereocenters. The van der Waals surface area contributed by atoms with Crippen LogP contribution in [0.4, 0.5) is 0 Å². The number of amides is 1. The standard InChI is InChI=1S/C21H16Cl3NO2/c22-21(23,24)20(27)25-13-17(11-15-7-3-1-4-8-15)19(26)18(14-25)12-16-9-5-2-6-10-16/h1-12H,13-14H2/b17-11+,18-12+. The highest BCUT2D eigenvalue weighted by molar-refractivity contribution is 6.76. The predicted octanol–water partition coefficient (Wildman–Crippen LogP) is 4.94. The number of Topliss-reactive ketones (excluding diaryl/α,β-unsaturated/α-hetero) is 1. The van der Waals surface area contributed by atoms with Gasteiger partial charge in [0, 0.05) is 11.1 Å². The zero-order valence-corrected chi connectivity index (χ0v) is 16.5. The smallest absolute Gasteiger partial charge is 0.275 e. The molecule has 0 spiro atoms. The number of carbonyl (C=O) groups excluding carboxylic acids is 2. The van der Waals surface area contributed by atoms with E-state index in [1.807, 2.05) is 60.7 Å². The lowest BCUT2D eigenvalue weighted by atomic mass is 9.94. The maximum absolute atomic E-state index is 13.0. The van der Waals surface area contributed by atoms with E-state index in [0.717, 1.165) is 11.1 Å². The number of piperidine rings is 1. The minimum Gasteiger partial charge on any atom is -0.330 e. The Morgan fingerprint density at radius 1 is 0.815 bits per heavy atom. The van der Waals surface area contributed by atoms with Gasteiger partial charge in [-0.05, 0) is 23.3 Å². The molecular formula is C21H16Cl3NO2. The number of benzene rings is 2. The molecule has 0 radical (unpaired) electrons. The van der Waals surface area contributed by atoms with E-state index in [-0.39, 0.29) is 18.9 Å². The van der Waals surface area contributed by atoms with Crippen LogP contribution < -0.4 is 0 Å². The maximum atomic E-state index is 13.0. The fraction of sp³-hybridized carbons (Fsp3) is 0.143. The van der Waals surface area contributed by atoms with E-state index in [9.17, 15) is 9.59 Å². The molecule has 3 nitrogen and oxygen atoms in total. The number of carbonyl (C=O) groups is 2. The van der Waals surface area contributed by atoms with Gasteiger partial charge in [0.25, 0.3) is 9.70 Å². The number of hydrogen-bond donors (Lipinski definition) is 0. The molecule has 3 rings (SSSR count). The predicted molar refractivity (Wildman–Crippen MR) is 111 cm³/mol. The van der Waals surface area contributed by atoms with Gasteiger partial charge in [0.1, 0.15) is 0 Å². The van der Waals surface area contributed by atoms with Crippen LogP contribution in [0, 0.1) is 0 Å². The molecule has 1 aliphatic heterocycles. The second-order valence-electron chi connectivity index (χ2n) is 6.15. The number of likely N-dealkylation sites (tertiary alicyclic amines) is 1. The zero-order valence-electron chi connectivity index (χ0n) is 14.2. The quantitative estimate of drug-likeness (QED) is 0.510. The number of nitrogens with zero attached hydrogens (tertiary/aromatic N) is 1. The summed E-state index contributed by atoms with van der Waals surface area (Å²) < 4.78 is -2.07. The van der Waals surface area contributed by atoms with E-state index in [1.54, 1.807) is 12.2 Å². The Bertz CT molecular complexity index is 839. The normalized spacial score (nSPS) is 18.2. The molecule has 1 aliphatic rings. The van der Waals surface area contributed by atoms with Crippen molar-refractivity contribution in [2.45, 2.75) is 3.79 Å². The van der Waals surface area contributed by atoms with Crippen LogP contribution in [-0.2, 0) is 9.59 Å². The van der Waals surface area contributed by atoms with Crippen molar-refractivity contribution in [2.24, 2.45) is 0 Å². The Hall–Kier alpha value is -2.07. The number of halogens is 3. The Kier molecular flexibility index (Phi) is 6.05. The molecule has 1 saturated heterocycles. The number of alkyl halides is 3. The third-order valence-corrected chi connectivity index (χ3v) is 4.60. The Morgan fingerprint density at radius 3 is 1.59 bits per heavy atom. The van der Waals surface area contributed by atoms with E-state index in [1.165, 1.54) is 4.90 Å². The Balaban J connectivity index is 2.00. The van der Waals surface area contributed by atoms with Crippen LogP contribution in [0.25, 0.3) is 12.2 Å². The van der Waals surface area contributed by atoms with Crippen molar-refractivity contribution in [3.63, 3.8) is 0 Å². The molecule has 2 aromatic rings. The first-order valence-electron chi connectivity index (χ1n) is 8.26. The summed E-state index contributed by atoms with van der Waals surface area (Å²) in [7, 11) is 0. The summed E-state index contributed by atoms with van der Waals surface area (Å²) in [6, 6.07) is 18.8. The van der Waals surface area contributed by atoms with Gasteiger partial charge >= 0.3 is 0 Å². The van der Waals surface area contributed by atoms with Gasteiger partial charge in [0.2, 0.25) is 0 Å². The van der Waals surface area contributed by atoms with Crippen LogP contribution in [0.5, 0.6) is 0 Å². The molecule has 2 aromatic carbocycles. The van der Waals surface area contributed by atoms with E-state index in [4.69, 9.17) is 34.8 Å². The molecule has 0 unspecified atom stereocenters. The lowest BCUT2D eigenvalue weighted by molar-refractivity contribution is -0.130. The minimum atomic E-state index is -2.07. The van der Waals surface area contributed by atoms with Crippen molar-refractivity contribution in [3.8, 4) is 0 Å². The highest BCUT2D eigenvalue weighted by atomic mass is 35.6. The van der Waals surface area contributed by atoms with Gasteiger partial charge in [0.05, 0.1) is 13.1 Å². The van der Waals surface area contributed by atoms with Gasteiger partial charge in [-0.2, -0.15) is 0 Å². The summed E-state index contributed by atoms with van der Waals surface area (Å²) in [6.45, 7) is 0.180. The van der Waals surface area contributed by atoms with Crippen LogP contribution in [0.15, 0.2) is 71.8 Å². The second-order valence-corrected chi connectivity index (χ2v) is 8.43. The van der Waals surface area contributed by atoms with Crippen molar-refractivity contribution in [3.05, 3.63) is 82.9 Å². The second kappa shape index (κ2) is 8.30. The molecule has 138 valence electrons. The molecule has 0 bridgehead atoms. The zero-order chi connectivity index (χ0) is 19.4. The monoisotopic (exact) mass is 419 g/mol. The molecule has 0 aliphatic carbocycles. The maximum Gasteiger partial charge on any atom is 0.275 e. The van der Waals surface area contributed by atoms with Crippen molar-refractivity contribution in [1.29, 1.82) is 0 Å². The molecular weight excluding hydrogens is 405 g/mol. The molecule has 1 amide bonds. The first kappa shape index (κ1) is 19.7. The average Bonchev–Trinajstić information content (AvgIpc) is 2.65. The van der Waals surface area contributed by atoms with Gasteiger partial charge in [-0.25, -0.2) is 0 Å². The van der Waals surface area contributed by atoms with Crippen LogP contribution in [0.2, 0.25) is 0 Å². The summed E-state index contributed by atoms with van der Waals surface area (Å²) in [6.07, 6.45) is 3.53. The van der Waals surface area contributed by atoms with E-state index < -0.39 is 9.70 Å². The van der Waals surface area contributed by atoms with Crippen molar-refractivity contribution in [1.82, 2.24) is 4.90 Å². The largest absolute Gasteiger partial charge is 0.330 e. The van der Waals surface area contributed by atoms with Gasteiger partial charge in [-0.15, -0.1) is 0 Å². The van der Waals surface area contributed by atoms with Gasteiger partial charge < -0.3 is 4.90 Å². The number of hydrogen-bond acceptors (Lipinski definition) is 2. The van der Waals surface area contributed by atoms with E-state index in [0.29, 0.717) is 11.1 Å². The highest BCUT2D eigenvalue weighted by Gasteiger charge is 2.39. The lowest BCUT2D eigenvalue weighted by Gasteiger charge is -2.32. The van der Waals surface area contributed by atoms with E-state index >= 15 is 0 Å². The third kappa shape index (κ3) is 5.01. The van der Waals surface area contributed by atoms with Gasteiger partial charge in [-0.3, -0.25) is 9.59 Å². The Morgan fingerprint density at radius 2 is 1.22 bits per heavy atom. The fourth-order valence-electron chi connectivity index (χ4n) is 2.86. The topological polar surface area (TPSA) is 37.4 Å². The average molecular weight is 421 g/mol. The first-order chi connectivity index (χ1) is 12.8. The van der Waals surface area contributed by atoms with E-state index in [2.05, 4.69) is 0 Å². The molecule has 0 saturated carbocycles. The molecule has 27 heavy (non-hydrogen) atoms. The molecule has 1 fully saturated rings.